The zero-order chi connectivity index (χ0) is 22.6. The Morgan fingerprint density at radius 3 is 2.56 bits per heavy atom. The number of aliphatic hydroxyl groups is 1. The molecule has 1 atom stereocenters. The van der Waals surface area contributed by atoms with Crippen molar-refractivity contribution in [1.82, 2.24) is 9.97 Å². The molecule has 2 amide bonds. The highest BCUT2D eigenvalue weighted by molar-refractivity contribution is 6.12. The zero-order valence-electron chi connectivity index (χ0n) is 16.8. The monoisotopic (exact) mass is 432 g/mol. The summed E-state index contributed by atoms with van der Waals surface area (Å²) < 4.78 is 13.5. The number of amides is 2. The SMILES string of the molecule is CN(C(=O)O)c1nc2ccc(C3(O)c4ccccc4C(=O)N3c3ccc(F)cc3)cc2[nH]1. The average molecular weight is 432 g/mol. The fraction of sp³-hybridized carbons (Fsp3) is 0.0870. The maximum absolute atomic E-state index is 13.5. The summed E-state index contributed by atoms with van der Waals surface area (Å²) in [5.74, 6) is -0.768. The number of rotatable bonds is 3. The molecule has 1 aliphatic heterocycles. The standard InChI is InChI=1S/C23H17FN4O4/c1-27(22(30)31)21-25-18-11-6-13(12-19(18)26-21)23(32)17-5-3-2-4-16(17)20(29)28(23)15-9-7-14(24)8-10-15/h2-12,32H,1H3,(H,25,26)(H,30,31). The van der Waals surface area contributed by atoms with Gasteiger partial charge in [0, 0.05) is 29.4 Å². The predicted molar refractivity (Wildman–Crippen MR) is 115 cm³/mol. The summed E-state index contributed by atoms with van der Waals surface area (Å²) in [6.45, 7) is 0. The van der Waals surface area contributed by atoms with Gasteiger partial charge in [-0.15, -0.1) is 0 Å². The van der Waals surface area contributed by atoms with Crippen LogP contribution in [0.25, 0.3) is 11.0 Å². The first kappa shape index (κ1) is 19.7. The number of imidazole rings is 1. The van der Waals surface area contributed by atoms with Gasteiger partial charge in [-0.25, -0.2) is 14.2 Å². The van der Waals surface area contributed by atoms with E-state index >= 15 is 0 Å². The molecule has 1 aromatic heterocycles. The second-order valence-electron chi connectivity index (χ2n) is 7.47. The number of aromatic nitrogens is 2. The topological polar surface area (TPSA) is 110 Å². The Balaban J connectivity index is 1.71. The van der Waals surface area contributed by atoms with Gasteiger partial charge in [-0.2, -0.15) is 0 Å². The van der Waals surface area contributed by atoms with Gasteiger partial charge in [-0.05, 0) is 42.5 Å². The first-order valence-electron chi connectivity index (χ1n) is 9.69. The summed E-state index contributed by atoms with van der Waals surface area (Å²) in [6, 6.07) is 16.9. The van der Waals surface area contributed by atoms with Gasteiger partial charge in [0.15, 0.2) is 5.72 Å². The zero-order valence-corrected chi connectivity index (χ0v) is 16.8. The van der Waals surface area contributed by atoms with Gasteiger partial charge in [0.2, 0.25) is 5.95 Å². The molecule has 1 aliphatic rings. The number of aromatic amines is 1. The van der Waals surface area contributed by atoms with E-state index < -0.39 is 23.5 Å². The number of nitrogens with zero attached hydrogens (tertiary/aromatic N) is 3. The third kappa shape index (κ3) is 2.75. The van der Waals surface area contributed by atoms with Crippen LogP contribution in [0.2, 0.25) is 0 Å². The molecule has 3 N–H and O–H groups in total. The van der Waals surface area contributed by atoms with Crippen LogP contribution in [0.15, 0.2) is 66.7 Å². The van der Waals surface area contributed by atoms with Crippen molar-refractivity contribution in [2.75, 3.05) is 16.8 Å². The van der Waals surface area contributed by atoms with Gasteiger partial charge in [0.05, 0.1) is 11.0 Å². The van der Waals surface area contributed by atoms with Crippen LogP contribution in [0.4, 0.5) is 20.8 Å². The number of anilines is 2. The molecule has 0 spiro atoms. The number of H-pyrrole nitrogens is 1. The number of carbonyl (C=O) groups is 2. The Morgan fingerprint density at radius 2 is 1.84 bits per heavy atom. The lowest BCUT2D eigenvalue weighted by Gasteiger charge is -2.34. The van der Waals surface area contributed by atoms with Crippen molar-refractivity contribution in [3.63, 3.8) is 0 Å². The molecule has 160 valence electrons. The molecule has 0 radical (unpaired) electrons. The Hall–Kier alpha value is -4.24. The minimum atomic E-state index is -1.87. The van der Waals surface area contributed by atoms with Gasteiger partial charge in [0.1, 0.15) is 5.82 Å². The van der Waals surface area contributed by atoms with Gasteiger partial charge in [0.25, 0.3) is 5.91 Å². The van der Waals surface area contributed by atoms with Gasteiger partial charge in [-0.1, -0.05) is 24.3 Å². The van der Waals surface area contributed by atoms with E-state index in [9.17, 15) is 24.2 Å². The second kappa shape index (κ2) is 6.89. The largest absolute Gasteiger partial charge is 0.465 e. The molecular weight excluding hydrogens is 415 g/mol. The second-order valence-corrected chi connectivity index (χ2v) is 7.47. The molecule has 0 fully saturated rings. The van der Waals surface area contributed by atoms with Crippen LogP contribution in [-0.4, -0.2) is 39.2 Å². The minimum absolute atomic E-state index is 0.120. The molecule has 9 heteroatoms. The van der Waals surface area contributed by atoms with Crippen molar-refractivity contribution >= 4 is 34.7 Å². The Labute approximate surface area is 181 Å². The van der Waals surface area contributed by atoms with E-state index in [1.54, 1.807) is 42.5 Å². The lowest BCUT2D eigenvalue weighted by Crippen LogP contribution is -2.45. The van der Waals surface area contributed by atoms with Crippen molar-refractivity contribution in [2.24, 2.45) is 0 Å². The summed E-state index contributed by atoms with van der Waals surface area (Å²) in [7, 11) is 1.36. The number of hydrogen-bond donors (Lipinski definition) is 3. The van der Waals surface area contributed by atoms with Crippen LogP contribution >= 0.6 is 0 Å². The summed E-state index contributed by atoms with van der Waals surface area (Å²) >= 11 is 0. The molecule has 0 saturated heterocycles. The number of carboxylic acid groups (broad SMARTS) is 1. The van der Waals surface area contributed by atoms with Crippen LogP contribution in [0, 0.1) is 5.82 Å². The summed E-state index contributed by atoms with van der Waals surface area (Å²) in [6.07, 6.45) is -1.18. The molecule has 1 unspecified atom stereocenters. The third-order valence-electron chi connectivity index (χ3n) is 5.62. The van der Waals surface area contributed by atoms with Crippen molar-refractivity contribution in [1.29, 1.82) is 0 Å². The maximum Gasteiger partial charge on any atom is 0.413 e. The number of hydrogen-bond acceptors (Lipinski definition) is 4. The molecule has 0 saturated carbocycles. The molecule has 0 bridgehead atoms. The van der Waals surface area contributed by atoms with E-state index in [0.717, 1.165) is 4.90 Å². The average Bonchev–Trinajstić information content (AvgIpc) is 3.31. The molecule has 5 rings (SSSR count). The molecule has 8 nitrogen and oxygen atoms in total. The van der Waals surface area contributed by atoms with Gasteiger partial charge >= 0.3 is 6.09 Å². The van der Waals surface area contributed by atoms with E-state index in [-0.39, 0.29) is 5.95 Å². The van der Waals surface area contributed by atoms with E-state index in [0.29, 0.717) is 33.4 Å². The summed E-state index contributed by atoms with van der Waals surface area (Å²) in [5, 5.41) is 21.2. The smallest absolute Gasteiger partial charge is 0.413 e. The number of fused-ring (bicyclic) bond motifs is 2. The number of benzene rings is 3. The molecule has 2 heterocycles. The maximum atomic E-state index is 13.5. The first-order valence-corrected chi connectivity index (χ1v) is 9.69. The van der Waals surface area contributed by atoms with Crippen molar-refractivity contribution < 1.29 is 24.2 Å². The van der Waals surface area contributed by atoms with Gasteiger partial charge in [-0.3, -0.25) is 14.6 Å². The normalized spacial score (nSPS) is 17.6. The fourth-order valence-electron chi connectivity index (χ4n) is 4.00. The lowest BCUT2D eigenvalue weighted by molar-refractivity contribution is 0.0704. The Kier molecular flexibility index (Phi) is 4.24. The third-order valence-corrected chi connectivity index (χ3v) is 5.62. The quantitative estimate of drug-likeness (QED) is 0.458. The number of carbonyl (C=O) groups excluding carboxylic acids is 1. The highest BCUT2D eigenvalue weighted by Gasteiger charge is 2.50. The minimum Gasteiger partial charge on any atom is -0.465 e. The van der Waals surface area contributed by atoms with Crippen LogP contribution in [0.1, 0.15) is 21.5 Å². The van der Waals surface area contributed by atoms with E-state index in [1.807, 2.05) is 0 Å². The molecular formula is C23H17FN4O4. The van der Waals surface area contributed by atoms with Crippen LogP contribution in [0.5, 0.6) is 0 Å². The highest BCUT2D eigenvalue weighted by atomic mass is 19.1. The molecule has 4 aromatic rings. The summed E-state index contributed by atoms with van der Waals surface area (Å²) in [5.41, 5.74) is 0.503. The number of halogens is 1. The molecule has 32 heavy (non-hydrogen) atoms. The van der Waals surface area contributed by atoms with E-state index in [2.05, 4.69) is 9.97 Å². The predicted octanol–water partition coefficient (Wildman–Crippen LogP) is 3.67. The fourth-order valence-corrected chi connectivity index (χ4v) is 4.00. The Morgan fingerprint density at radius 1 is 1.12 bits per heavy atom. The summed E-state index contributed by atoms with van der Waals surface area (Å²) in [4.78, 5) is 33.9. The van der Waals surface area contributed by atoms with Crippen LogP contribution < -0.4 is 9.80 Å². The van der Waals surface area contributed by atoms with Crippen molar-refractivity contribution in [2.45, 2.75) is 5.72 Å². The van der Waals surface area contributed by atoms with Crippen molar-refractivity contribution in [3.8, 4) is 0 Å². The molecule has 3 aromatic carbocycles. The van der Waals surface area contributed by atoms with Crippen molar-refractivity contribution in [3.05, 3.63) is 89.2 Å². The Bertz CT molecular complexity index is 1380. The first-order chi connectivity index (χ1) is 15.3. The lowest BCUT2D eigenvalue weighted by atomic mass is 9.93. The van der Waals surface area contributed by atoms with Crippen LogP contribution in [0.3, 0.4) is 0 Å². The van der Waals surface area contributed by atoms with E-state index in [4.69, 9.17) is 0 Å². The van der Waals surface area contributed by atoms with E-state index in [1.165, 1.54) is 36.2 Å². The van der Waals surface area contributed by atoms with Crippen LogP contribution in [-0.2, 0) is 5.72 Å². The molecule has 0 aliphatic carbocycles. The van der Waals surface area contributed by atoms with Gasteiger partial charge < -0.3 is 15.2 Å². The highest BCUT2D eigenvalue weighted by Crippen LogP contribution is 2.45. The number of nitrogens with one attached hydrogen (secondary N) is 1.